The van der Waals surface area contributed by atoms with Gasteiger partial charge in [-0.2, -0.15) is 0 Å². The van der Waals surface area contributed by atoms with Gasteiger partial charge in [-0.05, 0) is 11.1 Å². The molecule has 0 bridgehead atoms. The Kier molecular flexibility index (Phi) is 4.31. The summed E-state index contributed by atoms with van der Waals surface area (Å²) in [4.78, 5) is 12.0. The van der Waals surface area contributed by atoms with E-state index in [-0.39, 0.29) is 5.97 Å². The maximum atomic E-state index is 12.0. The first-order chi connectivity index (χ1) is 9.24. The van der Waals surface area contributed by atoms with Gasteiger partial charge < -0.3 is 10.5 Å². The SMILES string of the molecule is COC(=O)C(c1ccccc1)C(N)c1ccccc1. The van der Waals surface area contributed by atoms with Crippen LogP contribution in [0.25, 0.3) is 0 Å². The molecule has 0 heterocycles. The summed E-state index contributed by atoms with van der Waals surface area (Å²) >= 11 is 0. The van der Waals surface area contributed by atoms with Gasteiger partial charge in [0.05, 0.1) is 7.11 Å². The molecule has 0 saturated carbocycles. The van der Waals surface area contributed by atoms with Crippen molar-refractivity contribution in [3.05, 3.63) is 71.8 Å². The third-order valence-electron chi connectivity index (χ3n) is 3.16. The number of carbonyl (C=O) groups is 1. The summed E-state index contributed by atoms with van der Waals surface area (Å²) in [6, 6.07) is 18.6. The van der Waals surface area contributed by atoms with Gasteiger partial charge >= 0.3 is 5.97 Å². The van der Waals surface area contributed by atoms with Crippen LogP contribution in [0.1, 0.15) is 23.1 Å². The maximum absolute atomic E-state index is 12.0. The first-order valence-corrected chi connectivity index (χ1v) is 6.17. The molecule has 0 spiro atoms. The average molecular weight is 255 g/mol. The fraction of sp³-hybridized carbons (Fsp3) is 0.188. The molecule has 98 valence electrons. The number of methoxy groups -OCH3 is 1. The van der Waals surface area contributed by atoms with Crippen LogP contribution in [-0.4, -0.2) is 13.1 Å². The summed E-state index contributed by atoms with van der Waals surface area (Å²) in [5.41, 5.74) is 8.03. The van der Waals surface area contributed by atoms with E-state index < -0.39 is 12.0 Å². The van der Waals surface area contributed by atoms with Crippen molar-refractivity contribution >= 4 is 5.97 Å². The first-order valence-electron chi connectivity index (χ1n) is 6.17. The molecule has 3 heteroatoms. The molecule has 0 radical (unpaired) electrons. The van der Waals surface area contributed by atoms with Crippen LogP contribution in [0.15, 0.2) is 60.7 Å². The lowest BCUT2D eigenvalue weighted by molar-refractivity contribution is -0.143. The van der Waals surface area contributed by atoms with Gasteiger partial charge in [-0.25, -0.2) is 0 Å². The quantitative estimate of drug-likeness (QED) is 0.854. The second kappa shape index (κ2) is 6.16. The van der Waals surface area contributed by atoms with Crippen molar-refractivity contribution in [1.82, 2.24) is 0 Å². The first kappa shape index (κ1) is 13.3. The molecule has 0 saturated heterocycles. The van der Waals surface area contributed by atoms with Gasteiger partial charge in [-0.1, -0.05) is 60.7 Å². The van der Waals surface area contributed by atoms with Crippen LogP contribution in [0, 0.1) is 0 Å². The molecule has 0 aliphatic carbocycles. The number of carbonyl (C=O) groups excluding carboxylic acids is 1. The van der Waals surface area contributed by atoms with E-state index in [2.05, 4.69) is 0 Å². The lowest BCUT2D eigenvalue weighted by Crippen LogP contribution is -2.27. The van der Waals surface area contributed by atoms with Gasteiger partial charge in [-0.15, -0.1) is 0 Å². The van der Waals surface area contributed by atoms with Crippen LogP contribution in [-0.2, 0) is 9.53 Å². The fourth-order valence-electron chi connectivity index (χ4n) is 2.15. The van der Waals surface area contributed by atoms with Crippen molar-refractivity contribution in [2.45, 2.75) is 12.0 Å². The van der Waals surface area contributed by atoms with E-state index in [1.165, 1.54) is 7.11 Å². The normalized spacial score (nSPS) is 13.6. The number of ether oxygens (including phenoxy) is 1. The van der Waals surface area contributed by atoms with Crippen molar-refractivity contribution in [2.24, 2.45) is 5.73 Å². The van der Waals surface area contributed by atoms with Crippen LogP contribution in [0.3, 0.4) is 0 Å². The van der Waals surface area contributed by atoms with Crippen LogP contribution in [0.2, 0.25) is 0 Å². The smallest absolute Gasteiger partial charge is 0.315 e. The number of esters is 1. The average Bonchev–Trinajstić information content (AvgIpc) is 2.49. The zero-order valence-corrected chi connectivity index (χ0v) is 10.8. The summed E-state index contributed by atoms with van der Waals surface area (Å²) in [6.45, 7) is 0. The lowest BCUT2D eigenvalue weighted by Gasteiger charge is -2.22. The van der Waals surface area contributed by atoms with Crippen LogP contribution < -0.4 is 5.73 Å². The van der Waals surface area contributed by atoms with E-state index in [0.29, 0.717) is 0 Å². The van der Waals surface area contributed by atoms with Crippen molar-refractivity contribution < 1.29 is 9.53 Å². The Morgan fingerprint density at radius 3 is 1.89 bits per heavy atom. The third kappa shape index (κ3) is 3.01. The zero-order chi connectivity index (χ0) is 13.7. The Morgan fingerprint density at radius 2 is 1.42 bits per heavy atom. The third-order valence-corrected chi connectivity index (χ3v) is 3.16. The van der Waals surface area contributed by atoms with E-state index in [9.17, 15) is 4.79 Å². The van der Waals surface area contributed by atoms with E-state index in [4.69, 9.17) is 10.5 Å². The summed E-state index contributed by atoms with van der Waals surface area (Å²) in [5.74, 6) is -0.809. The molecular weight excluding hydrogens is 238 g/mol. The fourth-order valence-corrected chi connectivity index (χ4v) is 2.15. The molecule has 0 aliphatic rings. The highest BCUT2D eigenvalue weighted by Gasteiger charge is 2.29. The van der Waals surface area contributed by atoms with Crippen molar-refractivity contribution in [2.75, 3.05) is 7.11 Å². The van der Waals surface area contributed by atoms with E-state index in [1.807, 2.05) is 60.7 Å². The molecule has 0 fully saturated rings. The monoisotopic (exact) mass is 255 g/mol. The van der Waals surface area contributed by atoms with Gasteiger partial charge in [0.1, 0.15) is 5.92 Å². The Bertz CT molecular complexity index is 525. The largest absolute Gasteiger partial charge is 0.468 e. The van der Waals surface area contributed by atoms with E-state index in [1.54, 1.807) is 0 Å². The van der Waals surface area contributed by atoms with Gasteiger partial charge in [0.2, 0.25) is 0 Å². The topological polar surface area (TPSA) is 52.3 Å². The molecule has 2 N–H and O–H groups in total. The molecule has 2 atom stereocenters. The molecule has 2 rings (SSSR count). The van der Waals surface area contributed by atoms with Crippen molar-refractivity contribution in [3.63, 3.8) is 0 Å². The van der Waals surface area contributed by atoms with E-state index in [0.717, 1.165) is 11.1 Å². The molecule has 2 aromatic carbocycles. The Balaban J connectivity index is 2.36. The molecule has 2 aromatic rings. The summed E-state index contributed by atoms with van der Waals surface area (Å²) in [6.07, 6.45) is 0. The minimum Gasteiger partial charge on any atom is -0.468 e. The van der Waals surface area contributed by atoms with Gasteiger partial charge in [0, 0.05) is 6.04 Å². The minimum absolute atomic E-state index is 0.317. The maximum Gasteiger partial charge on any atom is 0.315 e. The molecule has 3 nitrogen and oxygen atoms in total. The van der Waals surface area contributed by atoms with Gasteiger partial charge in [0.15, 0.2) is 0 Å². The van der Waals surface area contributed by atoms with E-state index >= 15 is 0 Å². The van der Waals surface area contributed by atoms with Crippen LogP contribution in [0.4, 0.5) is 0 Å². The number of hydrogen-bond donors (Lipinski definition) is 1. The number of benzene rings is 2. The highest BCUT2D eigenvalue weighted by molar-refractivity contribution is 5.79. The molecule has 19 heavy (non-hydrogen) atoms. The lowest BCUT2D eigenvalue weighted by atomic mass is 9.87. The molecule has 0 aliphatic heterocycles. The minimum atomic E-state index is -0.492. The van der Waals surface area contributed by atoms with Crippen LogP contribution in [0.5, 0.6) is 0 Å². The number of rotatable bonds is 4. The zero-order valence-electron chi connectivity index (χ0n) is 10.8. The Hall–Kier alpha value is -2.13. The standard InChI is InChI=1S/C16H17NO2/c1-19-16(18)14(12-8-4-2-5-9-12)15(17)13-10-6-3-7-11-13/h2-11,14-15H,17H2,1H3. The highest BCUT2D eigenvalue weighted by Crippen LogP contribution is 2.29. The Labute approximate surface area is 113 Å². The molecule has 2 unspecified atom stereocenters. The van der Waals surface area contributed by atoms with Crippen LogP contribution >= 0.6 is 0 Å². The molecule has 0 aromatic heterocycles. The Morgan fingerprint density at radius 1 is 0.947 bits per heavy atom. The van der Waals surface area contributed by atoms with Crippen molar-refractivity contribution in [1.29, 1.82) is 0 Å². The summed E-state index contributed by atoms with van der Waals surface area (Å²) < 4.78 is 4.89. The molecular formula is C16H17NO2. The van der Waals surface area contributed by atoms with Gasteiger partial charge in [-0.3, -0.25) is 4.79 Å². The highest BCUT2D eigenvalue weighted by atomic mass is 16.5. The predicted octanol–water partition coefficient (Wildman–Crippen LogP) is 2.64. The molecule has 0 amide bonds. The number of nitrogens with two attached hydrogens (primary N) is 1. The predicted molar refractivity (Wildman–Crippen MR) is 74.6 cm³/mol. The number of hydrogen-bond acceptors (Lipinski definition) is 3. The van der Waals surface area contributed by atoms with Gasteiger partial charge in [0.25, 0.3) is 0 Å². The summed E-state index contributed by atoms with van der Waals surface area (Å²) in [7, 11) is 1.38. The second-order valence-corrected chi connectivity index (χ2v) is 4.35. The summed E-state index contributed by atoms with van der Waals surface area (Å²) in [5, 5.41) is 0. The second-order valence-electron chi connectivity index (χ2n) is 4.35. The van der Waals surface area contributed by atoms with Crippen molar-refractivity contribution in [3.8, 4) is 0 Å².